The van der Waals surface area contributed by atoms with Crippen LogP contribution in [0.2, 0.25) is 0 Å². The van der Waals surface area contributed by atoms with Crippen molar-refractivity contribution in [1.82, 2.24) is 5.32 Å². The van der Waals surface area contributed by atoms with Crippen LogP contribution in [0.3, 0.4) is 0 Å². The van der Waals surface area contributed by atoms with E-state index in [1.165, 1.54) is 5.56 Å². The number of hydrogen-bond donors (Lipinski definition) is 1. The molecule has 0 aromatic heterocycles. The average Bonchev–Trinajstić information content (AvgIpc) is 2.66. The molecule has 0 fully saturated rings. The highest BCUT2D eigenvalue weighted by molar-refractivity contribution is 5.42. The molecule has 1 unspecified atom stereocenters. The molecule has 1 aliphatic rings. The third-order valence-corrected chi connectivity index (χ3v) is 3.49. The van der Waals surface area contributed by atoms with Crippen molar-refractivity contribution in [2.45, 2.75) is 45.6 Å². The van der Waals surface area contributed by atoms with Gasteiger partial charge in [0.1, 0.15) is 11.4 Å². The van der Waals surface area contributed by atoms with E-state index in [9.17, 15) is 0 Å². The molecule has 4 heteroatoms. The lowest BCUT2D eigenvalue weighted by atomic mass is 9.94. The maximum Gasteiger partial charge on any atom is 0.169 e. The Kier molecular flexibility index (Phi) is 5.02. The Labute approximate surface area is 121 Å². The van der Waals surface area contributed by atoms with Gasteiger partial charge in [-0.2, -0.15) is 0 Å². The second kappa shape index (κ2) is 6.57. The Morgan fingerprint density at radius 1 is 1.20 bits per heavy atom. The number of rotatable bonds is 7. The predicted octanol–water partition coefficient (Wildman–Crippen LogP) is 2.89. The minimum absolute atomic E-state index is 0.141. The molecule has 1 aromatic carbocycles. The summed E-state index contributed by atoms with van der Waals surface area (Å²) < 4.78 is 17.2. The number of para-hydroxylation sites is 1. The highest BCUT2D eigenvalue weighted by atomic mass is 16.7. The minimum Gasteiger partial charge on any atom is -0.486 e. The number of ether oxygens (including phenoxy) is 3. The van der Waals surface area contributed by atoms with Gasteiger partial charge in [-0.05, 0) is 33.8 Å². The maximum absolute atomic E-state index is 6.02. The fourth-order valence-corrected chi connectivity index (χ4v) is 2.64. The van der Waals surface area contributed by atoms with E-state index in [-0.39, 0.29) is 17.9 Å². The summed E-state index contributed by atoms with van der Waals surface area (Å²) in [5.41, 5.74) is 0.927. The summed E-state index contributed by atoms with van der Waals surface area (Å²) in [5.74, 6) is 0.958. The third kappa shape index (κ3) is 3.32. The molecular weight excluding hydrogens is 254 g/mol. The molecule has 0 spiro atoms. The number of hydrogen-bond acceptors (Lipinski definition) is 4. The number of nitrogens with one attached hydrogen (secondary N) is 1. The van der Waals surface area contributed by atoms with Gasteiger partial charge in [-0.25, -0.2) is 0 Å². The van der Waals surface area contributed by atoms with Crippen molar-refractivity contribution in [1.29, 1.82) is 0 Å². The summed E-state index contributed by atoms with van der Waals surface area (Å²) in [4.78, 5) is 0. The van der Waals surface area contributed by atoms with Crippen molar-refractivity contribution in [2.24, 2.45) is 0 Å². The first-order valence-electron chi connectivity index (χ1n) is 7.33. The van der Waals surface area contributed by atoms with E-state index in [0.29, 0.717) is 19.8 Å². The highest BCUT2D eigenvalue weighted by Gasteiger charge is 2.40. The van der Waals surface area contributed by atoms with Gasteiger partial charge in [0.15, 0.2) is 6.29 Å². The summed E-state index contributed by atoms with van der Waals surface area (Å²) in [6.45, 7) is 10.1. The van der Waals surface area contributed by atoms with Gasteiger partial charge < -0.3 is 19.5 Å². The molecule has 20 heavy (non-hydrogen) atoms. The van der Waals surface area contributed by atoms with Crippen LogP contribution in [0.1, 0.15) is 39.3 Å². The standard InChI is InChI=1S/C16H25NO3/c1-5-18-14(19-6-2)11-17-15-12-9-7-8-10-13(12)20-16(15,3)4/h7-10,14-15,17H,5-6,11H2,1-4H3. The van der Waals surface area contributed by atoms with Crippen LogP contribution >= 0.6 is 0 Å². The Morgan fingerprint density at radius 3 is 2.50 bits per heavy atom. The quantitative estimate of drug-likeness (QED) is 0.779. The maximum atomic E-state index is 6.02. The average molecular weight is 279 g/mol. The van der Waals surface area contributed by atoms with E-state index in [2.05, 4.69) is 25.2 Å². The second-order valence-corrected chi connectivity index (χ2v) is 5.42. The molecule has 1 aliphatic heterocycles. The van der Waals surface area contributed by atoms with Crippen LogP contribution < -0.4 is 10.1 Å². The summed E-state index contributed by atoms with van der Waals surface area (Å²) in [7, 11) is 0. The minimum atomic E-state index is -0.271. The van der Waals surface area contributed by atoms with E-state index in [4.69, 9.17) is 14.2 Å². The van der Waals surface area contributed by atoms with Crippen molar-refractivity contribution >= 4 is 0 Å². The summed E-state index contributed by atoms with van der Waals surface area (Å²) in [5, 5.41) is 3.52. The zero-order chi connectivity index (χ0) is 14.6. The molecule has 0 saturated carbocycles. The molecule has 112 valence electrons. The molecule has 0 saturated heterocycles. The summed E-state index contributed by atoms with van der Waals surface area (Å²) in [6, 6.07) is 8.31. The molecule has 1 atom stereocenters. The topological polar surface area (TPSA) is 39.7 Å². The lowest BCUT2D eigenvalue weighted by molar-refractivity contribution is -0.135. The number of benzene rings is 1. The van der Waals surface area contributed by atoms with Gasteiger partial charge in [0.05, 0.1) is 6.04 Å². The Balaban J connectivity index is 2.04. The zero-order valence-corrected chi connectivity index (χ0v) is 12.8. The fourth-order valence-electron chi connectivity index (χ4n) is 2.64. The van der Waals surface area contributed by atoms with Gasteiger partial charge in [-0.15, -0.1) is 0 Å². The SMILES string of the molecule is CCOC(CNC1c2ccccc2OC1(C)C)OCC. The first kappa shape index (κ1) is 15.3. The smallest absolute Gasteiger partial charge is 0.169 e. The Morgan fingerprint density at radius 2 is 1.85 bits per heavy atom. The van der Waals surface area contributed by atoms with Crippen LogP contribution in [-0.4, -0.2) is 31.6 Å². The van der Waals surface area contributed by atoms with Crippen LogP contribution in [0, 0.1) is 0 Å². The summed E-state index contributed by atoms with van der Waals surface area (Å²) in [6.07, 6.45) is -0.214. The van der Waals surface area contributed by atoms with Crippen molar-refractivity contribution in [3.8, 4) is 5.75 Å². The predicted molar refractivity (Wildman–Crippen MR) is 78.9 cm³/mol. The van der Waals surface area contributed by atoms with Gasteiger partial charge in [-0.1, -0.05) is 18.2 Å². The van der Waals surface area contributed by atoms with Crippen molar-refractivity contribution in [2.75, 3.05) is 19.8 Å². The molecule has 1 N–H and O–H groups in total. The molecule has 0 amide bonds. The highest BCUT2D eigenvalue weighted by Crippen LogP contribution is 2.42. The first-order valence-corrected chi connectivity index (χ1v) is 7.33. The third-order valence-electron chi connectivity index (χ3n) is 3.49. The summed E-state index contributed by atoms with van der Waals surface area (Å²) >= 11 is 0. The van der Waals surface area contributed by atoms with Crippen LogP contribution in [0.5, 0.6) is 5.75 Å². The molecule has 0 bridgehead atoms. The molecule has 0 aliphatic carbocycles. The van der Waals surface area contributed by atoms with E-state index in [1.807, 2.05) is 32.0 Å². The van der Waals surface area contributed by atoms with Gasteiger partial charge >= 0.3 is 0 Å². The fraction of sp³-hybridized carbons (Fsp3) is 0.625. The molecule has 1 aromatic rings. The van der Waals surface area contributed by atoms with Crippen molar-refractivity contribution < 1.29 is 14.2 Å². The molecule has 2 rings (SSSR count). The van der Waals surface area contributed by atoms with E-state index in [0.717, 1.165) is 5.75 Å². The van der Waals surface area contributed by atoms with Crippen LogP contribution in [0.15, 0.2) is 24.3 Å². The van der Waals surface area contributed by atoms with Crippen LogP contribution in [0.25, 0.3) is 0 Å². The van der Waals surface area contributed by atoms with E-state index < -0.39 is 0 Å². The van der Waals surface area contributed by atoms with Gasteiger partial charge in [-0.3, -0.25) is 0 Å². The van der Waals surface area contributed by atoms with Gasteiger partial charge in [0.25, 0.3) is 0 Å². The molecular formula is C16H25NO3. The Bertz CT molecular complexity index is 427. The molecule has 1 heterocycles. The van der Waals surface area contributed by atoms with Gasteiger partial charge in [0, 0.05) is 25.3 Å². The lowest BCUT2D eigenvalue weighted by Crippen LogP contribution is -2.43. The van der Waals surface area contributed by atoms with Gasteiger partial charge in [0.2, 0.25) is 0 Å². The second-order valence-electron chi connectivity index (χ2n) is 5.42. The normalized spacial score (nSPS) is 19.9. The van der Waals surface area contributed by atoms with Crippen molar-refractivity contribution in [3.63, 3.8) is 0 Å². The monoisotopic (exact) mass is 279 g/mol. The van der Waals surface area contributed by atoms with E-state index >= 15 is 0 Å². The first-order chi connectivity index (χ1) is 9.58. The lowest BCUT2D eigenvalue weighted by Gasteiger charge is -2.29. The van der Waals surface area contributed by atoms with Crippen LogP contribution in [0.4, 0.5) is 0 Å². The zero-order valence-electron chi connectivity index (χ0n) is 12.8. The molecule has 4 nitrogen and oxygen atoms in total. The Hall–Kier alpha value is -1.10. The van der Waals surface area contributed by atoms with Crippen LogP contribution in [-0.2, 0) is 9.47 Å². The van der Waals surface area contributed by atoms with E-state index in [1.54, 1.807) is 0 Å². The van der Waals surface area contributed by atoms with Crippen molar-refractivity contribution in [3.05, 3.63) is 29.8 Å². The molecule has 0 radical (unpaired) electrons. The largest absolute Gasteiger partial charge is 0.486 e. The number of fused-ring (bicyclic) bond motifs is 1.